The Kier molecular flexibility index (Phi) is 5.24. The van der Waals surface area contributed by atoms with E-state index in [1.165, 1.54) is 0 Å². The van der Waals surface area contributed by atoms with E-state index >= 15 is 0 Å². The third-order valence-corrected chi connectivity index (χ3v) is 5.15. The van der Waals surface area contributed by atoms with E-state index in [0.717, 1.165) is 36.9 Å². The lowest BCUT2D eigenvalue weighted by Crippen LogP contribution is -2.26. The molecule has 28 heavy (non-hydrogen) atoms. The van der Waals surface area contributed by atoms with Gasteiger partial charge in [0.25, 0.3) is 5.91 Å². The number of halogens is 2. The maximum absolute atomic E-state index is 12.8. The smallest absolute Gasteiger partial charge is 0.274 e. The van der Waals surface area contributed by atoms with Crippen LogP contribution < -0.4 is 10.2 Å². The van der Waals surface area contributed by atoms with Crippen LogP contribution in [0.15, 0.2) is 36.5 Å². The molecule has 0 unspecified atom stereocenters. The summed E-state index contributed by atoms with van der Waals surface area (Å²) in [5.41, 5.74) is 1.08. The number of aromatic nitrogens is 2. The number of hydrogen-bond donors (Lipinski definition) is 2. The minimum absolute atomic E-state index is 0.0405. The van der Waals surface area contributed by atoms with E-state index < -0.39 is 5.91 Å². The molecule has 0 spiro atoms. The molecule has 8 heteroatoms. The van der Waals surface area contributed by atoms with Crippen molar-refractivity contribution in [3.63, 3.8) is 0 Å². The number of carbonyl (C=O) groups excluding carboxylic acids is 1. The quantitative estimate of drug-likeness (QED) is 0.666. The molecule has 0 atom stereocenters. The number of fused-ring (bicyclic) bond motifs is 1. The molecule has 144 valence electrons. The molecule has 3 heterocycles. The van der Waals surface area contributed by atoms with Crippen molar-refractivity contribution in [2.45, 2.75) is 19.4 Å². The first-order valence-electron chi connectivity index (χ1n) is 8.99. The summed E-state index contributed by atoms with van der Waals surface area (Å²) in [6, 6.07) is 8.72. The van der Waals surface area contributed by atoms with E-state index in [4.69, 9.17) is 23.2 Å². The van der Waals surface area contributed by atoms with Gasteiger partial charge in [-0.25, -0.2) is 4.98 Å². The molecular formula is C20H18Cl2N4O2. The van der Waals surface area contributed by atoms with Crippen LogP contribution in [-0.4, -0.2) is 34.1 Å². The highest BCUT2D eigenvalue weighted by Crippen LogP contribution is 2.33. The van der Waals surface area contributed by atoms with Crippen LogP contribution in [0.4, 0.5) is 5.82 Å². The molecule has 1 aliphatic rings. The van der Waals surface area contributed by atoms with Crippen molar-refractivity contribution in [3.8, 4) is 5.75 Å². The van der Waals surface area contributed by atoms with Crippen LogP contribution in [0.25, 0.3) is 10.9 Å². The summed E-state index contributed by atoms with van der Waals surface area (Å²) in [6.07, 6.45) is 3.73. The van der Waals surface area contributed by atoms with E-state index in [1.54, 1.807) is 30.5 Å². The molecule has 0 aliphatic carbocycles. The number of aromatic hydroxyl groups is 1. The Balaban J connectivity index is 1.67. The van der Waals surface area contributed by atoms with Crippen molar-refractivity contribution in [2.75, 3.05) is 18.0 Å². The average Bonchev–Trinajstić information content (AvgIpc) is 3.20. The van der Waals surface area contributed by atoms with Crippen molar-refractivity contribution in [1.29, 1.82) is 0 Å². The fourth-order valence-electron chi connectivity index (χ4n) is 3.41. The van der Waals surface area contributed by atoms with Gasteiger partial charge in [-0.15, -0.1) is 0 Å². The minimum atomic E-state index is -0.485. The number of pyridine rings is 2. The molecule has 1 aromatic carbocycles. The van der Waals surface area contributed by atoms with Gasteiger partial charge in [-0.2, -0.15) is 0 Å². The Labute approximate surface area is 172 Å². The molecule has 1 saturated heterocycles. The maximum atomic E-state index is 12.8. The molecule has 2 aromatic heterocycles. The van der Waals surface area contributed by atoms with Crippen LogP contribution in [0, 0.1) is 0 Å². The Morgan fingerprint density at radius 1 is 1.18 bits per heavy atom. The summed E-state index contributed by atoms with van der Waals surface area (Å²) >= 11 is 12.0. The van der Waals surface area contributed by atoms with Gasteiger partial charge in [0.2, 0.25) is 0 Å². The molecule has 4 rings (SSSR count). The zero-order chi connectivity index (χ0) is 19.7. The number of hydrogen-bond acceptors (Lipinski definition) is 5. The number of amides is 1. The summed E-state index contributed by atoms with van der Waals surface area (Å²) in [5.74, 6) is -0.0314. The van der Waals surface area contributed by atoms with Crippen molar-refractivity contribution < 1.29 is 9.90 Å². The van der Waals surface area contributed by atoms with Crippen molar-refractivity contribution in [2.24, 2.45) is 0 Å². The number of carbonyl (C=O) groups is 1. The van der Waals surface area contributed by atoms with Crippen LogP contribution in [0.2, 0.25) is 10.0 Å². The highest BCUT2D eigenvalue weighted by Gasteiger charge is 2.24. The van der Waals surface area contributed by atoms with E-state index in [1.807, 2.05) is 6.07 Å². The fraction of sp³-hybridized carbons (Fsp3) is 0.250. The van der Waals surface area contributed by atoms with Gasteiger partial charge in [-0.1, -0.05) is 23.2 Å². The molecular weight excluding hydrogens is 399 g/mol. The zero-order valence-electron chi connectivity index (χ0n) is 15.0. The average molecular weight is 417 g/mol. The lowest BCUT2D eigenvalue weighted by atomic mass is 10.1. The summed E-state index contributed by atoms with van der Waals surface area (Å²) in [4.78, 5) is 23.7. The van der Waals surface area contributed by atoms with E-state index in [9.17, 15) is 9.90 Å². The first-order valence-corrected chi connectivity index (χ1v) is 9.74. The fourth-order valence-corrected chi connectivity index (χ4v) is 3.98. The van der Waals surface area contributed by atoms with Crippen molar-refractivity contribution >= 4 is 45.8 Å². The lowest BCUT2D eigenvalue weighted by molar-refractivity contribution is 0.0943. The van der Waals surface area contributed by atoms with Crippen LogP contribution >= 0.6 is 23.2 Å². The highest BCUT2D eigenvalue weighted by atomic mass is 35.5. The van der Waals surface area contributed by atoms with Crippen LogP contribution in [0.5, 0.6) is 5.75 Å². The Morgan fingerprint density at radius 2 is 1.89 bits per heavy atom. The molecule has 0 saturated carbocycles. The van der Waals surface area contributed by atoms with Gasteiger partial charge in [0.1, 0.15) is 11.3 Å². The summed E-state index contributed by atoms with van der Waals surface area (Å²) in [6.45, 7) is 1.94. The Bertz CT molecular complexity index is 1030. The second kappa shape index (κ2) is 7.81. The molecule has 0 radical (unpaired) electrons. The molecule has 1 aliphatic heterocycles. The van der Waals surface area contributed by atoms with Gasteiger partial charge in [-0.3, -0.25) is 9.78 Å². The maximum Gasteiger partial charge on any atom is 0.274 e. The molecule has 0 bridgehead atoms. The topological polar surface area (TPSA) is 78.4 Å². The molecule has 6 nitrogen and oxygen atoms in total. The van der Waals surface area contributed by atoms with Crippen LogP contribution in [0.3, 0.4) is 0 Å². The SMILES string of the molecule is O=C(NCc1cc(Cl)cc(Cl)c1)c1nc(N2CCCC2)c2cccnc2c1O. The standard InChI is InChI=1S/C20H18Cl2N4O2/c21-13-8-12(9-14(22)10-13)11-24-20(28)17-18(27)16-15(4-3-5-23-16)19(25-17)26-6-1-2-7-26/h3-5,8-10,27H,1-2,6-7,11H2,(H,24,28). The zero-order valence-corrected chi connectivity index (χ0v) is 16.5. The Morgan fingerprint density at radius 3 is 2.61 bits per heavy atom. The number of nitrogens with zero attached hydrogens (tertiary/aromatic N) is 3. The van der Waals surface area contributed by atoms with E-state index in [0.29, 0.717) is 21.4 Å². The largest absolute Gasteiger partial charge is 0.504 e. The van der Waals surface area contributed by atoms with Gasteiger partial charge >= 0.3 is 0 Å². The second-order valence-electron chi connectivity index (χ2n) is 6.69. The lowest BCUT2D eigenvalue weighted by Gasteiger charge is -2.20. The predicted molar refractivity (Wildman–Crippen MR) is 110 cm³/mol. The molecule has 1 fully saturated rings. The Hall–Kier alpha value is -2.57. The monoisotopic (exact) mass is 416 g/mol. The van der Waals surface area contributed by atoms with E-state index in [2.05, 4.69) is 20.2 Å². The van der Waals surface area contributed by atoms with Gasteiger partial charge in [0, 0.05) is 41.3 Å². The van der Waals surface area contributed by atoms with Gasteiger partial charge in [-0.05, 0) is 48.7 Å². The van der Waals surface area contributed by atoms with Gasteiger partial charge in [0.05, 0.1) is 0 Å². The number of rotatable bonds is 4. The van der Waals surface area contributed by atoms with Crippen molar-refractivity contribution in [3.05, 3.63) is 57.8 Å². The first kappa shape index (κ1) is 18.8. The van der Waals surface area contributed by atoms with Crippen molar-refractivity contribution in [1.82, 2.24) is 15.3 Å². The first-order chi connectivity index (χ1) is 13.5. The third kappa shape index (κ3) is 3.70. The van der Waals surface area contributed by atoms with Gasteiger partial charge < -0.3 is 15.3 Å². The number of benzene rings is 1. The summed E-state index contributed by atoms with van der Waals surface area (Å²) < 4.78 is 0. The second-order valence-corrected chi connectivity index (χ2v) is 7.56. The third-order valence-electron chi connectivity index (χ3n) is 4.71. The number of nitrogens with one attached hydrogen (secondary N) is 1. The normalized spacial score (nSPS) is 13.9. The molecule has 2 N–H and O–H groups in total. The predicted octanol–water partition coefficient (Wildman–Crippen LogP) is 4.17. The summed E-state index contributed by atoms with van der Waals surface area (Å²) in [7, 11) is 0. The van der Waals surface area contributed by atoms with E-state index in [-0.39, 0.29) is 18.0 Å². The minimum Gasteiger partial charge on any atom is -0.504 e. The molecule has 1 amide bonds. The van der Waals surface area contributed by atoms with Gasteiger partial charge in [0.15, 0.2) is 11.4 Å². The summed E-state index contributed by atoms with van der Waals surface area (Å²) in [5, 5.41) is 15.1. The van der Waals surface area contributed by atoms with Crippen LogP contribution in [-0.2, 0) is 6.54 Å². The number of anilines is 1. The molecule has 3 aromatic rings. The van der Waals surface area contributed by atoms with Crippen LogP contribution in [0.1, 0.15) is 28.9 Å². The highest BCUT2D eigenvalue weighted by molar-refractivity contribution is 6.34.